The molecule has 1 atom stereocenters. The van der Waals surface area contributed by atoms with Crippen molar-refractivity contribution in [1.82, 2.24) is 15.3 Å². The van der Waals surface area contributed by atoms with Crippen molar-refractivity contribution in [3.05, 3.63) is 83.9 Å². The summed E-state index contributed by atoms with van der Waals surface area (Å²) in [6, 6.07) is 14.2. The molecule has 1 N–H and O–H groups in total. The van der Waals surface area contributed by atoms with Gasteiger partial charge in [0.15, 0.2) is 0 Å². The average molecular weight is 473 g/mol. The molecule has 1 heterocycles. The number of nitrogens with zero attached hydrogens (tertiary/aromatic N) is 3. The smallest absolute Gasteiger partial charge is 0.279 e. The summed E-state index contributed by atoms with van der Waals surface area (Å²) in [6.45, 7) is 2.08. The molecule has 0 radical (unpaired) electrons. The van der Waals surface area contributed by atoms with Crippen LogP contribution >= 0.6 is 0 Å². The summed E-state index contributed by atoms with van der Waals surface area (Å²) >= 11 is 0. The molecule has 0 aliphatic heterocycles. The second-order valence-corrected chi connectivity index (χ2v) is 8.81. The molecule has 1 saturated carbocycles. The van der Waals surface area contributed by atoms with E-state index in [1.165, 1.54) is 29.9 Å². The zero-order valence-electron chi connectivity index (χ0n) is 20.3. The third-order valence-electron chi connectivity index (χ3n) is 6.51. The molecule has 1 aliphatic carbocycles. The minimum Gasteiger partial charge on any atom is -0.497 e. The first kappa shape index (κ1) is 24.4. The molecule has 1 aromatic heterocycles. The van der Waals surface area contributed by atoms with Gasteiger partial charge in [0, 0.05) is 24.1 Å². The number of benzene rings is 2. The number of methoxy groups -OCH3 is 1. The Labute approximate surface area is 206 Å². The number of amides is 2. The van der Waals surface area contributed by atoms with Crippen molar-refractivity contribution in [1.29, 1.82) is 0 Å². The molecule has 1 aliphatic rings. The lowest BCUT2D eigenvalue weighted by Crippen LogP contribution is -2.47. The van der Waals surface area contributed by atoms with Crippen LogP contribution in [0.2, 0.25) is 0 Å². The van der Waals surface area contributed by atoms with Crippen molar-refractivity contribution < 1.29 is 14.3 Å². The number of ether oxygens (including phenoxy) is 1. The van der Waals surface area contributed by atoms with Gasteiger partial charge in [0.05, 0.1) is 13.3 Å². The highest BCUT2D eigenvalue weighted by Gasteiger charge is 2.35. The molecule has 0 unspecified atom stereocenters. The molecule has 0 bridgehead atoms. The molecule has 35 heavy (non-hydrogen) atoms. The number of carbonyl (C=O) groups excluding carboxylic acids is 2. The quantitative estimate of drug-likeness (QED) is 0.505. The summed E-state index contributed by atoms with van der Waals surface area (Å²) in [7, 11) is 1.60. The van der Waals surface area contributed by atoms with Crippen LogP contribution in [0.3, 0.4) is 0 Å². The van der Waals surface area contributed by atoms with Gasteiger partial charge in [-0.25, -0.2) is 4.98 Å². The van der Waals surface area contributed by atoms with Gasteiger partial charge in [-0.1, -0.05) is 50.5 Å². The summed E-state index contributed by atoms with van der Waals surface area (Å²) in [5, 5.41) is 3.23. The van der Waals surface area contributed by atoms with Crippen LogP contribution in [0.15, 0.2) is 67.1 Å². The van der Waals surface area contributed by atoms with Gasteiger partial charge in [0.2, 0.25) is 5.91 Å². The fourth-order valence-electron chi connectivity index (χ4n) is 4.54. The van der Waals surface area contributed by atoms with Crippen LogP contribution < -0.4 is 15.0 Å². The third-order valence-corrected chi connectivity index (χ3v) is 6.51. The Morgan fingerprint density at radius 2 is 1.74 bits per heavy atom. The lowest BCUT2D eigenvalue weighted by atomic mass is 9.94. The van der Waals surface area contributed by atoms with Gasteiger partial charge < -0.3 is 10.1 Å². The lowest BCUT2D eigenvalue weighted by Gasteiger charge is -2.33. The molecule has 2 aromatic carbocycles. The number of nitrogens with one attached hydrogen (secondary N) is 1. The van der Waals surface area contributed by atoms with Gasteiger partial charge in [-0.15, -0.1) is 0 Å². The molecular formula is C28H32N4O3. The molecule has 182 valence electrons. The van der Waals surface area contributed by atoms with E-state index in [1.54, 1.807) is 19.2 Å². The standard InChI is InChI=1S/C28H32N4O3/c1-3-20-9-13-23(14-10-20)32(28(34)25-19-29-17-18-30-25)26(21-11-15-24(35-2)16-12-21)27(33)31-22-7-5-4-6-8-22/h9-19,22,26H,3-8H2,1-2H3,(H,31,33)/t26-/m0/s1. The number of rotatable bonds is 8. The first-order valence-corrected chi connectivity index (χ1v) is 12.2. The minimum absolute atomic E-state index is 0.105. The van der Waals surface area contributed by atoms with E-state index < -0.39 is 6.04 Å². The normalized spacial score (nSPS) is 14.7. The number of anilines is 1. The first-order valence-electron chi connectivity index (χ1n) is 12.2. The van der Waals surface area contributed by atoms with Gasteiger partial charge in [-0.05, 0) is 54.7 Å². The van der Waals surface area contributed by atoms with E-state index in [0.29, 0.717) is 17.0 Å². The van der Waals surface area contributed by atoms with Crippen molar-refractivity contribution in [3.63, 3.8) is 0 Å². The average Bonchev–Trinajstić information content (AvgIpc) is 2.92. The molecular weight excluding hydrogens is 440 g/mol. The van der Waals surface area contributed by atoms with E-state index in [4.69, 9.17) is 4.74 Å². The number of carbonyl (C=O) groups is 2. The zero-order chi connectivity index (χ0) is 24.6. The fraction of sp³-hybridized carbons (Fsp3) is 0.357. The van der Waals surface area contributed by atoms with Crippen LogP contribution in [0.25, 0.3) is 0 Å². The van der Waals surface area contributed by atoms with Crippen molar-refractivity contribution in [2.75, 3.05) is 12.0 Å². The Morgan fingerprint density at radius 1 is 1.03 bits per heavy atom. The fourth-order valence-corrected chi connectivity index (χ4v) is 4.54. The molecule has 7 heteroatoms. The van der Waals surface area contributed by atoms with Gasteiger partial charge >= 0.3 is 0 Å². The molecule has 0 spiro atoms. The summed E-state index contributed by atoms with van der Waals surface area (Å²) in [5.74, 6) is 0.0834. The summed E-state index contributed by atoms with van der Waals surface area (Å²) in [4.78, 5) is 37.6. The highest BCUT2D eigenvalue weighted by Crippen LogP contribution is 2.31. The Morgan fingerprint density at radius 3 is 2.34 bits per heavy atom. The SMILES string of the molecule is CCc1ccc(N(C(=O)c2cnccn2)[C@H](C(=O)NC2CCCCC2)c2ccc(OC)cc2)cc1. The van der Waals surface area contributed by atoms with Gasteiger partial charge in [-0.3, -0.25) is 19.5 Å². The van der Waals surface area contributed by atoms with Gasteiger partial charge in [0.25, 0.3) is 5.91 Å². The molecule has 1 fully saturated rings. The largest absolute Gasteiger partial charge is 0.497 e. The van der Waals surface area contributed by atoms with Crippen LogP contribution in [0.5, 0.6) is 5.75 Å². The van der Waals surface area contributed by atoms with Crippen LogP contribution in [-0.2, 0) is 11.2 Å². The Bertz CT molecular complexity index is 1110. The van der Waals surface area contributed by atoms with Crippen molar-refractivity contribution in [2.24, 2.45) is 0 Å². The molecule has 2 amide bonds. The third kappa shape index (κ3) is 5.85. The summed E-state index contributed by atoms with van der Waals surface area (Å²) in [6.07, 6.45) is 10.6. The monoisotopic (exact) mass is 472 g/mol. The lowest BCUT2D eigenvalue weighted by molar-refractivity contribution is -0.123. The maximum Gasteiger partial charge on any atom is 0.279 e. The maximum absolute atomic E-state index is 13.9. The molecule has 3 aromatic rings. The van der Waals surface area contributed by atoms with Crippen molar-refractivity contribution in [2.45, 2.75) is 57.5 Å². The molecule has 4 rings (SSSR count). The Hall–Kier alpha value is -3.74. The Balaban J connectivity index is 1.79. The predicted molar refractivity (Wildman–Crippen MR) is 135 cm³/mol. The van der Waals surface area contributed by atoms with E-state index in [1.807, 2.05) is 36.4 Å². The highest BCUT2D eigenvalue weighted by molar-refractivity contribution is 6.09. The second-order valence-electron chi connectivity index (χ2n) is 8.81. The van der Waals surface area contributed by atoms with Gasteiger partial charge in [0.1, 0.15) is 17.5 Å². The number of hydrogen-bond donors (Lipinski definition) is 1. The van der Waals surface area contributed by atoms with Crippen LogP contribution in [-0.4, -0.2) is 34.9 Å². The van der Waals surface area contributed by atoms with Crippen LogP contribution in [0, 0.1) is 0 Å². The summed E-state index contributed by atoms with van der Waals surface area (Å²) < 4.78 is 5.32. The first-order chi connectivity index (χ1) is 17.1. The van der Waals surface area contributed by atoms with Crippen molar-refractivity contribution >= 4 is 17.5 Å². The second kappa shape index (κ2) is 11.6. The predicted octanol–water partition coefficient (Wildman–Crippen LogP) is 4.88. The maximum atomic E-state index is 13.9. The number of aryl methyl sites for hydroxylation is 1. The highest BCUT2D eigenvalue weighted by atomic mass is 16.5. The number of aromatic nitrogens is 2. The molecule has 7 nitrogen and oxygen atoms in total. The summed E-state index contributed by atoms with van der Waals surface area (Å²) in [5.41, 5.74) is 2.64. The van der Waals surface area contributed by atoms with Crippen LogP contribution in [0.4, 0.5) is 5.69 Å². The van der Waals surface area contributed by atoms with E-state index in [2.05, 4.69) is 22.2 Å². The Kier molecular flexibility index (Phi) is 8.08. The zero-order valence-corrected chi connectivity index (χ0v) is 20.3. The van der Waals surface area contributed by atoms with E-state index in [0.717, 1.165) is 37.7 Å². The van der Waals surface area contributed by atoms with E-state index in [9.17, 15) is 9.59 Å². The topological polar surface area (TPSA) is 84.4 Å². The van der Waals surface area contributed by atoms with Gasteiger partial charge in [-0.2, -0.15) is 0 Å². The van der Waals surface area contributed by atoms with Crippen molar-refractivity contribution in [3.8, 4) is 5.75 Å². The minimum atomic E-state index is -0.884. The van der Waals surface area contributed by atoms with E-state index in [-0.39, 0.29) is 23.6 Å². The van der Waals surface area contributed by atoms with Crippen LogP contribution in [0.1, 0.15) is 66.7 Å². The molecule has 0 saturated heterocycles. The number of hydrogen-bond acceptors (Lipinski definition) is 5. The van der Waals surface area contributed by atoms with E-state index >= 15 is 0 Å².